The summed E-state index contributed by atoms with van der Waals surface area (Å²) in [5.41, 5.74) is 3.86. The zero-order chi connectivity index (χ0) is 17.8. The monoisotopic (exact) mass is 344 g/mol. The molecule has 8 nitrogen and oxygen atoms in total. The van der Waals surface area contributed by atoms with E-state index in [-0.39, 0.29) is 17.5 Å². The van der Waals surface area contributed by atoms with E-state index < -0.39 is 11.0 Å². The van der Waals surface area contributed by atoms with E-state index in [1.54, 1.807) is 0 Å². The van der Waals surface area contributed by atoms with Crippen LogP contribution in [0.1, 0.15) is 48.9 Å². The minimum absolute atomic E-state index is 0.0698. The standard InChI is InChI=1S/C17H20N4O4/c22-16(19-18-13-4-1-2-5-13)15-6-3-11-20(15)17(23)12-7-9-14(10-8-12)21(24)25/h7-10,15H,1-6,11H2,(H,19,22). The largest absolute Gasteiger partial charge is 0.327 e. The number of rotatable bonds is 4. The molecule has 1 heterocycles. The van der Waals surface area contributed by atoms with Crippen LogP contribution in [0.4, 0.5) is 5.69 Å². The van der Waals surface area contributed by atoms with Gasteiger partial charge in [0.25, 0.3) is 17.5 Å². The Labute approximate surface area is 145 Å². The van der Waals surface area contributed by atoms with Crippen molar-refractivity contribution in [2.45, 2.75) is 44.6 Å². The van der Waals surface area contributed by atoms with Crippen LogP contribution >= 0.6 is 0 Å². The number of hydrazone groups is 1. The van der Waals surface area contributed by atoms with Crippen molar-refractivity contribution < 1.29 is 14.5 Å². The minimum atomic E-state index is -0.548. The van der Waals surface area contributed by atoms with E-state index in [4.69, 9.17) is 0 Å². The molecular formula is C17H20N4O4. The van der Waals surface area contributed by atoms with E-state index >= 15 is 0 Å². The molecule has 2 amide bonds. The van der Waals surface area contributed by atoms with E-state index in [1.165, 1.54) is 29.2 Å². The number of benzene rings is 1. The number of nitrogens with one attached hydrogen (secondary N) is 1. The molecule has 1 aliphatic heterocycles. The van der Waals surface area contributed by atoms with Crippen LogP contribution in [-0.4, -0.2) is 39.9 Å². The van der Waals surface area contributed by atoms with E-state index in [0.29, 0.717) is 18.5 Å². The first kappa shape index (κ1) is 17.1. The molecule has 1 saturated heterocycles. The highest BCUT2D eigenvalue weighted by Crippen LogP contribution is 2.22. The number of hydrogen-bond acceptors (Lipinski definition) is 5. The molecule has 2 aliphatic rings. The van der Waals surface area contributed by atoms with Gasteiger partial charge in [-0.15, -0.1) is 0 Å². The number of amides is 2. The maximum absolute atomic E-state index is 12.6. The second-order valence-electron chi connectivity index (χ2n) is 6.32. The van der Waals surface area contributed by atoms with Crippen LogP contribution < -0.4 is 5.43 Å². The number of nitro groups is 1. The van der Waals surface area contributed by atoms with Crippen molar-refractivity contribution in [1.82, 2.24) is 10.3 Å². The normalized spacial score (nSPS) is 19.8. The summed E-state index contributed by atoms with van der Waals surface area (Å²) in [7, 11) is 0. The molecule has 1 aromatic rings. The molecule has 132 valence electrons. The van der Waals surface area contributed by atoms with E-state index in [0.717, 1.165) is 37.8 Å². The van der Waals surface area contributed by atoms with Gasteiger partial charge in [0.1, 0.15) is 6.04 Å². The van der Waals surface area contributed by atoms with Crippen LogP contribution in [0.25, 0.3) is 0 Å². The van der Waals surface area contributed by atoms with Crippen LogP contribution in [-0.2, 0) is 4.79 Å². The molecule has 1 atom stereocenters. The van der Waals surface area contributed by atoms with Gasteiger partial charge in [-0.3, -0.25) is 19.7 Å². The lowest BCUT2D eigenvalue weighted by atomic mass is 10.1. The quantitative estimate of drug-likeness (QED) is 0.668. The Hall–Kier alpha value is -2.77. The third kappa shape index (κ3) is 3.84. The third-order valence-electron chi connectivity index (χ3n) is 4.65. The average molecular weight is 344 g/mol. The zero-order valence-corrected chi connectivity index (χ0v) is 13.8. The van der Waals surface area contributed by atoms with Crippen LogP contribution in [0, 0.1) is 10.1 Å². The van der Waals surface area contributed by atoms with E-state index in [2.05, 4.69) is 10.5 Å². The van der Waals surface area contributed by atoms with Crippen molar-refractivity contribution in [3.63, 3.8) is 0 Å². The lowest BCUT2D eigenvalue weighted by Gasteiger charge is -2.23. The molecular weight excluding hydrogens is 324 g/mol. The molecule has 1 aromatic carbocycles. The van der Waals surface area contributed by atoms with Crippen LogP contribution in [0.3, 0.4) is 0 Å². The molecule has 0 spiro atoms. The Morgan fingerprint density at radius 1 is 1.16 bits per heavy atom. The molecule has 3 rings (SSSR count). The first-order valence-corrected chi connectivity index (χ1v) is 8.47. The summed E-state index contributed by atoms with van der Waals surface area (Å²) < 4.78 is 0. The second kappa shape index (κ2) is 7.42. The Morgan fingerprint density at radius 2 is 1.84 bits per heavy atom. The van der Waals surface area contributed by atoms with Gasteiger partial charge >= 0.3 is 0 Å². The topological polar surface area (TPSA) is 105 Å². The number of carbonyl (C=O) groups excluding carboxylic acids is 2. The van der Waals surface area contributed by atoms with Gasteiger partial charge in [-0.1, -0.05) is 0 Å². The van der Waals surface area contributed by atoms with Gasteiger partial charge in [0, 0.05) is 30.0 Å². The fourth-order valence-corrected chi connectivity index (χ4v) is 3.28. The first-order valence-electron chi connectivity index (χ1n) is 8.47. The highest BCUT2D eigenvalue weighted by atomic mass is 16.6. The molecule has 1 N–H and O–H groups in total. The van der Waals surface area contributed by atoms with Gasteiger partial charge in [-0.2, -0.15) is 5.10 Å². The Balaban J connectivity index is 1.67. The molecule has 1 saturated carbocycles. The lowest BCUT2D eigenvalue weighted by molar-refractivity contribution is -0.384. The second-order valence-corrected chi connectivity index (χ2v) is 6.32. The molecule has 1 aliphatic carbocycles. The maximum atomic E-state index is 12.6. The van der Waals surface area contributed by atoms with E-state index in [1.807, 2.05) is 0 Å². The number of nitrogens with zero attached hydrogens (tertiary/aromatic N) is 3. The van der Waals surface area contributed by atoms with Gasteiger partial charge < -0.3 is 4.90 Å². The van der Waals surface area contributed by atoms with Crippen molar-refractivity contribution in [2.75, 3.05) is 6.54 Å². The maximum Gasteiger partial charge on any atom is 0.269 e. The summed E-state index contributed by atoms with van der Waals surface area (Å²) in [6.07, 6.45) is 5.36. The van der Waals surface area contributed by atoms with Crippen molar-refractivity contribution in [3.8, 4) is 0 Å². The molecule has 0 radical (unpaired) electrons. The summed E-state index contributed by atoms with van der Waals surface area (Å²) in [5.74, 6) is -0.562. The van der Waals surface area contributed by atoms with Crippen molar-refractivity contribution in [1.29, 1.82) is 0 Å². The smallest absolute Gasteiger partial charge is 0.269 e. The zero-order valence-electron chi connectivity index (χ0n) is 13.8. The van der Waals surface area contributed by atoms with Crippen LogP contribution in [0.2, 0.25) is 0 Å². The average Bonchev–Trinajstić information content (AvgIpc) is 3.30. The molecule has 0 bridgehead atoms. The lowest BCUT2D eigenvalue weighted by Crippen LogP contribution is -2.44. The summed E-state index contributed by atoms with van der Waals surface area (Å²) in [4.78, 5) is 36.7. The van der Waals surface area contributed by atoms with Crippen LogP contribution in [0.15, 0.2) is 29.4 Å². The van der Waals surface area contributed by atoms with Gasteiger partial charge in [0.05, 0.1) is 4.92 Å². The van der Waals surface area contributed by atoms with Gasteiger partial charge in [0.2, 0.25) is 0 Å². The number of hydrogen-bond donors (Lipinski definition) is 1. The minimum Gasteiger partial charge on any atom is -0.327 e. The summed E-state index contributed by atoms with van der Waals surface area (Å²) in [5, 5.41) is 14.9. The first-order chi connectivity index (χ1) is 12.1. The molecule has 25 heavy (non-hydrogen) atoms. The summed E-state index contributed by atoms with van der Waals surface area (Å²) in [6.45, 7) is 0.491. The highest BCUT2D eigenvalue weighted by Gasteiger charge is 2.34. The highest BCUT2D eigenvalue weighted by molar-refractivity contribution is 5.98. The van der Waals surface area contributed by atoms with Gasteiger partial charge in [-0.25, -0.2) is 5.43 Å². The number of carbonyl (C=O) groups is 2. The Morgan fingerprint density at radius 3 is 2.48 bits per heavy atom. The molecule has 2 fully saturated rings. The fraction of sp³-hybridized carbons (Fsp3) is 0.471. The summed E-state index contributed by atoms with van der Waals surface area (Å²) in [6, 6.07) is 4.89. The van der Waals surface area contributed by atoms with Crippen molar-refractivity contribution >= 4 is 23.2 Å². The molecule has 0 aromatic heterocycles. The summed E-state index contributed by atoms with van der Waals surface area (Å²) >= 11 is 0. The van der Waals surface area contributed by atoms with Crippen molar-refractivity contribution in [3.05, 3.63) is 39.9 Å². The predicted octanol–water partition coefficient (Wildman–Crippen LogP) is 2.25. The van der Waals surface area contributed by atoms with E-state index in [9.17, 15) is 19.7 Å². The predicted molar refractivity (Wildman–Crippen MR) is 91.2 cm³/mol. The van der Waals surface area contributed by atoms with Crippen molar-refractivity contribution in [2.24, 2.45) is 5.10 Å². The molecule has 8 heteroatoms. The number of likely N-dealkylation sites (tertiary alicyclic amines) is 1. The number of nitro benzene ring substituents is 1. The molecule has 1 unspecified atom stereocenters. The third-order valence-corrected chi connectivity index (χ3v) is 4.65. The Kier molecular flexibility index (Phi) is 5.06. The van der Waals surface area contributed by atoms with Gasteiger partial charge in [-0.05, 0) is 50.7 Å². The Bertz CT molecular complexity index is 706. The van der Waals surface area contributed by atoms with Crippen LogP contribution in [0.5, 0.6) is 0 Å². The van der Waals surface area contributed by atoms with Gasteiger partial charge in [0.15, 0.2) is 0 Å². The number of non-ortho nitro benzene ring substituents is 1. The fourth-order valence-electron chi connectivity index (χ4n) is 3.28. The SMILES string of the molecule is O=C(NN=C1CCCC1)C1CCCN1C(=O)c1ccc([N+](=O)[O-])cc1.